The first-order chi connectivity index (χ1) is 16.0. The number of anilines is 1. The van der Waals surface area contributed by atoms with Gasteiger partial charge in [0.1, 0.15) is 6.29 Å². The number of aldehydes is 1. The molecule has 1 fully saturated rings. The van der Waals surface area contributed by atoms with Crippen LogP contribution in [0.1, 0.15) is 10.4 Å². The molecule has 0 aliphatic carbocycles. The molecule has 2 atom stereocenters. The number of nitrogen functional groups attached to an aromatic ring is 1. The number of pyridine rings is 1. The van der Waals surface area contributed by atoms with E-state index in [1.165, 1.54) is 17.4 Å². The Morgan fingerprint density at radius 2 is 2.15 bits per heavy atom. The number of carbonyl (C=O) groups excluding carboxylic acids is 2. The van der Waals surface area contributed by atoms with Gasteiger partial charge in [0, 0.05) is 55.0 Å². The summed E-state index contributed by atoms with van der Waals surface area (Å²) in [6, 6.07) is 10.5. The van der Waals surface area contributed by atoms with Gasteiger partial charge in [0.15, 0.2) is 0 Å². The van der Waals surface area contributed by atoms with Crippen LogP contribution in [0.2, 0.25) is 4.34 Å². The Labute approximate surface area is 201 Å². The van der Waals surface area contributed by atoms with Crippen molar-refractivity contribution in [1.82, 2.24) is 14.8 Å². The number of thiophene rings is 1. The highest BCUT2D eigenvalue weighted by Gasteiger charge is 2.38. The third-order valence-corrected chi connectivity index (χ3v) is 7.01. The van der Waals surface area contributed by atoms with E-state index in [2.05, 4.69) is 9.88 Å². The summed E-state index contributed by atoms with van der Waals surface area (Å²) in [5.41, 5.74) is 8.56. The molecule has 9 heteroatoms. The predicted molar refractivity (Wildman–Crippen MR) is 132 cm³/mol. The first kappa shape index (κ1) is 23.4. The van der Waals surface area contributed by atoms with Crippen LogP contribution in [0.15, 0.2) is 48.7 Å². The number of nitrogens with zero attached hydrogens (tertiary/aromatic N) is 3. The molecule has 7 nitrogen and oxygen atoms in total. The van der Waals surface area contributed by atoms with Gasteiger partial charge in [-0.1, -0.05) is 23.7 Å². The lowest BCUT2D eigenvalue weighted by Crippen LogP contribution is -2.62. The van der Waals surface area contributed by atoms with Crippen molar-refractivity contribution in [3.63, 3.8) is 0 Å². The van der Waals surface area contributed by atoms with Crippen molar-refractivity contribution in [2.75, 3.05) is 32.5 Å². The third-order valence-electron chi connectivity index (χ3n) is 5.81. The molecule has 3 heterocycles. The zero-order valence-corrected chi connectivity index (χ0v) is 19.8. The molecule has 2 aromatic heterocycles. The lowest BCUT2D eigenvalue weighted by atomic mass is 10.0. The van der Waals surface area contributed by atoms with Gasteiger partial charge in [0.05, 0.1) is 28.5 Å². The van der Waals surface area contributed by atoms with Crippen molar-refractivity contribution in [2.45, 2.75) is 18.6 Å². The molecule has 1 amide bonds. The molecule has 1 saturated heterocycles. The monoisotopic (exact) mass is 484 g/mol. The number of aromatic nitrogens is 1. The summed E-state index contributed by atoms with van der Waals surface area (Å²) in [4.78, 5) is 34.2. The maximum atomic E-state index is 13.0. The van der Waals surface area contributed by atoms with Crippen LogP contribution in [-0.2, 0) is 20.9 Å². The van der Waals surface area contributed by atoms with Crippen LogP contribution in [0, 0.1) is 0 Å². The predicted octanol–water partition coefficient (Wildman–Crippen LogP) is 3.47. The van der Waals surface area contributed by atoms with E-state index in [-0.39, 0.29) is 18.6 Å². The maximum absolute atomic E-state index is 13.0. The number of hydrogen-bond acceptors (Lipinski definition) is 7. The maximum Gasteiger partial charge on any atom is 0.247 e. The van der Waals surface area contributed by atoms with Gasteiger partial charge in [-0.05, 0) is 35.9 Å². The Hall–Kier alpha value is -2.78. The molecule has 2 N–H and O–H groups in total. The van der Waals surface area contributed by atoms with E-state index in [4.69, 9.17) is 22.1 Å². The van der Waals surface area contributed by atoms with E-state index in [1.54, 1.807) is 36.4 Å². The fraction of sp³-hybridized carbons (Fsp3) is 0.292. The van der Waals surface area contributed by atoms with Crippen LogP contribution in [0.5, 0.6) is 0 Å². The number of rotatable bonds is 7. The van der Waals surface area contributed by atoms with Crippen LogP contribution in [0.25, 0.3) is 17.0 Å². The van der Waals surface area contributed by atoms with E-state index in [9.17, 15) is 9.59 Å². The number of methoxy groups -OCH3 is 1. The normalized spacial score (nSPS) is 19.4. The topological polar surface area (TPSA) is 88.8 Å². The van der Waals surface area contributed by atoms with Gasteiger partial charge >= 0.3 is 0 Å². The lowest BCUT2D eigenvalue weighted by molar-refractivity contribution is -0.138. The van der Waals surface area contributed by atoms with Crippen molar-refractivity contribution in [3.05, 3.63) is 63.4 Å². The Bertz CT molecular complexity index is 1180. The lowest BCUT2D eigenvalue weighted by Gasteiger charge is -2.45. The number of nitrogens with two attached hydrogens (primary N) is 1. The zero-order valence-electron chi connectivity index (χ0n) is 18.2. The van der Waals surface area contributed by atoms with Gasteiger partial charge in [-0.15, -0.1) is 11.3 Å². The molecular formula is C24H25ClN4O3S. The minimum Gasteiger partial charge on any atom is -0.398 e. The molecule has 1 aliphatic heterocycles. The fourth-order valence-corrected chi connectivity index (χ4v) is 5.15. The van der Waals surface area contributed by atoms with Gasteiger partial charge in [-0.3, -0.25) is 14.7 Å². The minimum absolute atomic E-state index is 0.154. The van der Waals surface area contributed by atoms with Gasteiger partial charge in [0.2, 0.25) is 5.91 Å². The largest absolute Gasteiger partial charge is 0.398 e. The first-order valence-corrected chi connectivity index (χ1v) is 11.7. The molecular weight excluding hydrogens is 460 g/mol. The summed E-state index contributed by atoms with van der Waals surface area (Å²) >= 11 is 7.37. The van der Waals surface area contributed by atoms with E-state index < -0.39 is 6.04 Å². The molecule has 172 valence electrons. The van der Waals surface area contributed by atoms with Crippen molar-refractivity contribution < 1.29 is 14.3 Å². The third kappa shape index (κ3) is 5.25. The molecule has 0 bridgehead atoms. The second-order valence-electron chi connectivity index (χ2n) is 7.88. The Kier molecular flexibility index (Phi) is 7.39. The number of carbonyl (C=O) groups is 2. The van der Waals surface area contributed by atoms with Crippen LogP contribution in [0.4, 0.5) is 5.69 Å². The second-order valence-corrected chi connectivity index (χ2v) is 9.63. The molecule has 0 spiro atoms. The molecule has 0 saturated carbocycles. The SMILES string of the molecule is COC[C@@H]1C(C=O)N(Cc2ccc3c(N)ccnc3c2)CCN1C(=O)C=Cc1ccc(Cl)s1. The second kappa shape index (κ2) is 10.4. The fourth-order valence-electron chi connectivity index (χ4n) is 4.19. The van der Waals surface area contributed by atoms with Crippen LogP contribution < -0.4 is 5.73 Å². The zero-order chi connectivity index (χ0) is 23.4. The number of piperazine rings is 1. The van der Waals surface area contributed by atoms with Gasteiger partial charge < -0.3 is 20.2 Å². The molecule has 4 rings (SSSR count). The summed E-state index contributed by atoms with van der Waals surface area (Å²) in [6.45, 7) is 1.88. The summed E-state index contributed by atoms with van der Waals surface area (Å²) in [7, 11) is 1.58. The van der Waals surface area contributed by atoms with E-state index in [0.717, 1.165) is 27.6 Å². The number of amides is 1. The number of benzene rings is 1. The smallest absolute Gasteiger partial charge is 0.247 e. The van der Waals surface area contributed by atoms with Gasteiger partial charge in [0.25, 0.3) is 0 Å². The average molecular weight is 485 g/mol. The van der Waals surface area contributed by atoms with Crippen molar-refractivity contribution in [2.24, 2.45) is 0 Å². The molecule has 1 aromatic carbocycles. The van der Waals surface area contributed by atoms with E-state index >= 15 is 0 Å². The highest BCUT2D eigenvalue weighted by Crippen LogP contribution is 2.25. The van der Waals surface area contributed by atoms with Crippen LogP contribution >= 0.6 is 22.9 Å². The summed E-state index contributed by atoms with van der Waals surface area (Å²) in [5, 5.41) is 0.902. The summed E-state index contributed by atoms with van der Waals surface area (Å²) in [6.07, 6.45) is 5.87. The van der Waals surface area contributed by atoms with Crippen LogP contribution in [-0.4, -0.2) is 65.9 Å². The quantitative estimate of drug-likeness (QED) is 0.408. The van der Waals surface area contributed by atoms with E-state index in [1.807, 2.05) is 24.3 Å². The van der Waals surface area contributed by atoms with Crippen molar-refractivity contribution >= 4 is 57.8 Å². The highest BCUT2D eigenvalue weighted by atomic mass is 35.5. The molecule has 1 aliphatic rings. The van der Waals surface area contributed by atoms with Gasteiger partial charge in [-0.2, -0.15) is 0 Å². The van der Waals surface area contributed by atoms with E-state index in [0.29, 0.717) is 29.7 Å². The number of halogens is 1. The molecule has 0 radical (unpaired) electrons. The van der Waals surface area contributed by atoms with Crippen LogP contribution in [0.3, 0.4) is 0 Å². The standard InChI is InChI=1S/C24H25ClN4O3S/c1-32-15-22-21(14-30)28(13-16-2-5-18-19(26)8-9-27-20(18)12-16)10-11-29(22)24(31)7-4-17-3-6-23(25)33-17/h2-9,12,14,21-22H,10-11,13,15H2,1H3,(H2,26,27)/t21?,22-/m1/s1. The molecule has 1 unspecified atom stereocenters. The van der Waals surface area contributed by atoms with Gasteiger partial charge in [-0.25, -0.2) is 0 Å². The molecule has 33 heavy (non-hydrogen) atoms. The Balaban J connectivity index is 1.52. The van der Waals surface area contributed by atoms with Crippen molar-refractivity contribution in [1.29, 1.82) is 0 Å². The number of hydrogen-bond donors (Lipinski definition) is 1. The summed E-state index contributed by atoms with van der Waals surface area (Å²) in [5.74, 6) is -0.154. The number of ether oxygens (including phenoxy) is 1. The Morgan fingerprint density at radius 1 is 1.30 bits per heavy atom. The average Bonchev–Trinajstić information content (AvgIpc) is 3.23. The highest BCUT2D eigenvalue weighted by molar-refractivity contribution is 7.17. The molecule has 3 aromatic rings. The van der Waals surface area contributed by atoms with Crippen molar-refractivity contribution in [3.8, 4) is 0 Å². The number of fused-ring (bicyclic) bond motifs is 1. The first-order valence-electron chi connectivity index (χ1n) is 10.6. The minimum atomic E-state index is -0.489. The summed E-state index contributed by atoms with van der Waals surface area (Å²) < 4.78 is 6.05. The Morgan fingerprint density at radius 3 is 2.88 bits per heavy atom.